The van der Waals surface area contributed by atoms with Gasteiger partial charge in [0.25, 0.3) is 0 Å². The predicted octanol–water partition coefficient (Wildman–Crippen LogP) is 5.78. The number of para-hydroxylation sites is 1. The second-order valence-electron chi connectivity index (χ2n) is 4.51. The summed E-state index contributed by atoms with van der Waals surface area (Å²) in [6.45, 7) is 2.06. The lowest BCUT2D eigenvalue weighted by Gasteiger charge is -2.14. The van der Waals surface area contributed by atoms with Gasteiger partial charge in [-0.15, -0.1) is 11.3 Å². The third-order valence-corrected chi connectivity index (χ3v) is 4.77. The van der Waals surface area contributed by atoms with Crippen LogP contribution < -0.4 is 5.32 Å². The van der Waals surface area contributed by atoms with E-state index in [0.717, 1.165) is 16.2 Å². The number of fused-ring (bicyclic) bond motifs is 1. The van der Waals surface area contributed by atoms with Crippen molar-refractivity contribution in [2.24, 2.45) is 0 Å². The van der Waals surface area contributed by atoms with Crippen LogP contribution in [0, 0.1) is 0 Å². The van der Waals surface area contributed by atoms with Crippen molar-refractivity contribution in [3.63, 3.8) is 0 Å². The monoisotopic (exact) mass is 322 g/mol. The van der Waals surface area contributed by atoms with E-state index in [-0.39, 0.29) is 6.04 Å². The van der Waals surface area contributed by atoms with Crippen molar-refractivity contribution in [3.8, 4) is 0 Å². The number of aromatic nitrogens is 1. The molecule has 0 saturated carbocycles. The van der Waals surface area contributed by atoms with Gasteiger partial charge in [-0.05, 0) is 37.3 Å². The van der Waals surface area contributed by atoms with Gasteiger partial charge in [0.15, 0.2) is 0 Å². The first-order valence-electron chi connectivity index (χ1n) is 6.20. The number of rotatable bonds is 3. The Morgan fingerprint density at radius 3 is 2.75 bits per heavy atom. The Morgan fingerprint density at radius 2 is 1.95 bits per heavy atom. The van der Waals surface area contributed by atoms with E-state index in [1.165, 1.54) is 4.70 Å². The van der Waals surface area contributed by atoms with Crippen LogP contribution in [0.25, 0.3) is 10.2 Å². The summed E-state index contributed by atoms with van der Waals surface area (Å²) in [5.74, 6) is 0. The number of benzene rings is 2. The van der Waals surface area contributed by atoms with Gasteiger partial charge in [-0.1, -0.05) is 35.3 Å². The number of hydrogen-bond acceptors (Lipinski definition) is 3. The zero-order valence-electron chi connectivity index (χ0n) is 10.7. The largest absolute Gasteiger partial charge is 0.375 e. The number of hydrogen-bond donors (Lipinski definition) is 1. The molecule has 0 fully saturated rings. The highest BCUT2D eigenvalue weighted by atomic mass is 35.5. The van der Waals surface area contributed by atoms with E-state index >= 15 is 0 Å². The molecule has 0 radical (unpaired) electrons. The molecular weight excluding hydrogens is 311 g/mol. The van der Waals surface area contributed by atoms with Gasteiger partial charge in [-0.25, -0.2) is 4.98 Å². The molecule has 20 heavy (non-hydrogen) atoms. The average Bonchev–Trinajstić information content (AvgIpc) is 2.87. The van der Waals surface area contributed by atoms with Crippen LogP contribution in [-0.2, 0) is 0 Å². The highest BCUT2D eigenvalue weighted by Gasteiger charge is 2.12. The van der Waals surface area contributed by atoms with E-state index in [0.29, 0.717) is 10.0 Å². The lowest BCUT2D eigenvalue weighted by Crippen LogP contribution is -2.06. The maximum atomic E-state index is 6.17. The van der Waals surface area contributed by atoms with Crippen molar-refractivity contribution in [2.75, 3.05) is 5.32 Å². The molecule has 0 amide bonds. The standard InChI is InChI=1S/C15H12Cl2N2S/c1-9(18-13-8-10(16)6-7-11(13)17)15-19-12-4-2-3-5-14(12)20-15/h2-9,18H,1H3. The van der Waals surface area contributed by atoms with Crippen molar-refractivity contribution < 1.29 is 0 Å². The van der Waals surface area contributed by atoms with E-state index in [4.69, 9.17) is 23.2 Å². The minimum absolute atomic E-state index is 0.0726. The maximum Gasteiger partial charge on any atom is 0.116 e. The minimum atomic E-state index is 0.0726. The van der Waals surface area contributed by atoms with E-state index in [9.17, 15) is 0 Å². The molecule has 0 spiro atoms. The summed E-state index contributed by atoms with van der Waals surface area (Å²) in [6.07, 6.45) is 0. The minimum Gasteiger partial charge on any atom is -0.375 e. The summed E-state index contributed by atoms with van der Waals surface area (Å²) in [7, 11) is 0. The summed E-state index contributed by atoms with van der Waals surface area (Å²) < 4.78 is 1.19. The zero-order valence-corrected chi connectivity index (χ0v) is 13.1. The Bertz CT molecular complexity index is 721. The number of anilines is 1. The SMILES string of the molecule is CC(Nc1cc(Cl)ccc1Cl)c1nc2ccccc2s1. The van der Waals surface area contributed by atoms with Crippen LogP contribution in [0.1, 0.15) is 18.0 Å². The molecule has 1 unspecified atom stereocenters. The molecule has 1 N–H and O–H groups in total. The molecule has 1 atom stereocenters. The molecule has 0 aliphatic carbocycles. The normalized spacial score (nSPS) is 12.6. The first-order chi connectivity index (χ1) is 9.63. The highest BCUT2D eigenvalue weighted by molar-refractivity contribution is 7.18. The van der Waals surface area contributed by atoms with Crippen LogP contribution in [-0.4, -0.2) is 4.98 Å². The average molecular weight is 323 g/mol. The van der Waals surface area contributed by atoms with Crippen LogP contribution in [0.3, 0.4) is 0 Å². The number of nitrogens with zero attached hydrogens (tertiary/aromatic N) is 1. The summed E-state index contributed by atoms with van der Waals surface area (Å²) in [6, 6.07) is 13.6. The van der Waals surface area contributed by atoms with Crippen molar-refractivity contribution in [2.45, 2.75) is 13.0 Å². The Hall–Kier alpha value is -1.29. The Balaban J connectivity index is 1.88. The molecule has 2 aromatic carbocycles. The van der Waals surface area contributed by atoms with Gasteiger partial charge < -0.3 is 5.32 Å². The van der Waals surface area contributed by atoms with Crippen molar-refractivity contribution in [1.82, 2.24) is 4.98 Å². The number of thiazole rings is 1. The second-order valence-corrected chi connectivity index (χ2v) is 6.42. The third-order valence-electron chi connectivity index (χ3n) is 2.98. The van der Waals surface area contributed by atoms with E-state index in [1.54, 1.807) is 23.5 Å². The maximum absolute atomic E-state index is 6.17. The Kier molecular flexibility index (Phi) is 3.83. The molecule has 3 rings (SSSR count). The molecule has 5 heteroatoms. The smallest absolute Gasteiger partial charge is 0.116 e. The first kappa shape index (κ1) is 13.7. The lowest BCUT2D eigenvalue weighted by atomic mass is 10.2. The van der Waals surface area contributed by atoms with Gasteiger partial charge in [-0.2, -0.15) is 0 Å². The summed E-state index contributed by atoms with van der Waals surface area (Å²) >= 11 is 13.9. The van der Waals surface area contributed by atoms with Crippen LogP contribution in [0.5, 0.6) is 0 Å². The van der Waals surface area contributed by atoms with Gasteiger partial charge in [0.2, 0.25) is 0 Å². The fourth-order valence-corrected chi connectivity index (χ4v) is 3.29. The van der Waals surface area contributed by atoms with Crippen LogP contribution in [0.2, 0.25) is 10.0 Å². The van der Waals surface area contributed by atoms with Crippen LogP contribution in [0.4, 0.5) is 5.69 Å². The Morgan fingerprint density at radius 1 is 1.15 bits per heavy atom. The number of nitrogens with one attached hydrogen (secondary N) is 1. The van der Waals surface area contributed by atoms with Crippen molar-refractivity contribution in [1.29, 1.82) is 0 Å². The van der Waals surface area contributed by atoms with Gasteiger partial charge in [0.05, 0.1) is 27.0 Å². The molecular formula is C15H12Cl2N2S. The lowest BCUT2D eigenvalue weighted by molar-refractivity contribution is 0.874. The Labute approximate surface area is 131 Å². The topological polar surface area (TPSA) is 24.9 Å². The van der Waals surface area contributed by atoms with Crippen LogP contribution in [0.15, 0.2) is 42.5 Å². The van der Waals surface area contributed by atoms with Crippen molar-refractivity contribution in [3.05, 3.63) is 57.5 Å². The van der Waals surface area contributed by atoms with Crippen LogP contribution >= 0.6 is 34.5 Å². The van der Waals surface area contributed by atoms with Gasteiger partial charge >= 0.3 is 0 Å². The zero-order chi connectivity index (χ0) is 14.1. The molecule has 0 aliphatic heterocycles. The number of halogens is 2. The quantitative estimate of drug-likeness (QED) is 0.661. The highest BCUT2D eigenvalue weighted by Crippen LogP contribution is 2.31. The molecule has 1 aromatic heterocycles. The van der Waals surface area contributed by atoms with Gasteiger partial charge in [0, 0.05) is 5.02 Å². The molecule has 2 nitrogen and oxygen atoms in total. The fourth-order valence-electron chi connectivity index (χ4n) is 1.98. The molecule has 0 aliphatic rings. The second kappa shape index (κ2) is 5.60. The van der Waals surface area contributed by atoms with Gasteiger partial charge in [0.1, 0.15) is 5.01 Å². The molecule has 0 bridgehead atoms. The van der Waals surface area contributed by atoms with E-state index < -0.39 is 0 Å². The first-order valence-corrected chi connectivity index (χ1v) is 7.78. The summed E-state index contributed by atoms with van der Waals surface area (Å²) in [5.41, 5.74) is 1.85. The van der Waals surface area contributed by atoms with E-state index in [1.807, 2.05) is 24.3 Å². The molecule has 1 heterocycles. The van der Waals surface area contributed by atoms with Crippen molar-refractivity contribution >= 4 is 50.4 Å². The molecule has 102 valence electrons. The van der Waals surface area contributed by atoms with Gasteiger partial charge in [-0.3, -0.25) is 0 Å². The molecule has 0 saturated heterocycles. The molecule has 3 aromatic rings. The fraction of sp³-hybridized carbons (Fsp3) is 0.133. The summed E-state index contributed by atoms with van der Waals surface area (Å²) in [5, 5.41) is 5.71. The predicted molar refractivity (Wildman–Crippen MR) is 88.1 cm³/mol. The summed E-state index contributed by atoms with van der Waals surface area (Å²) in [4.78, 5) is 4.64. The third kappa shape index (κ3) is 2.75. The van der Waals surface area contributed by atoms with E-state index in [2.05, 4.69) is 23.3 Å².